The van der Waals surface area contributed by atoms with Gasteiger partial charge in [0.1, 0.15) is 17.2 Å². The Balaban J connectivity index is 1.45. The van der Waals surface area contributed by atoms with E-state index in [9.17, 15) is 4.79 Å². The monoisotopic (exact) mass is 345 g/mol. The molecular weight excluding hydrogens is 326 g/mol. The number of amides is 1. The van der Waals surface area contributed by atoms with Crippen molar-refractivity contribution in [3.05, 3.63) is 89.9 Å². The number of pyridine rings is 1. The number of hydrogen-bond donors (Lipinski definition) is 1. The number of aryl methyl sites for hydroxylation is 1. The molecule has 0 saturated carbocycles. The van der Waals surface area contributed by atoms with Crippen LogP contribution in [0.5, 0.6) is 0 Å². The summed E-state index contributed by atoms with van der Waals surface area (Å²) in [6.45, 7) is 3.08. The topological polar surface area (TPSA) is 64.2 Å². The number of aromatic nitrogens is 4. The van der Waals surface area contributed by atoms with Gasteiger partial charge >= 0.3 is 0 Å². The van der Waals surface area contributed by atoms with Crippen LogP contribution in [0.1, 0.15) is 27.4 Å². The SMILES string of the molecule is Cc1ccc2nc(C(=O)NCc3nccn3Cc3ccccc3)cn2c1. The van der Waals surface area contributed by atoms with E-state index < -0.39 is 0 Å². The number of rotatable bonds is 5. The van der Waals surface area contributed by atoms with Crippen molar-refractivity contribution in [1.29, 1.82) is 0 Å². The van der Waals surface area contributed by atoms with Crippen LogP contribution in [0.4, 0.5) is 0 Å². The molecule has 1 amide bonds. The molecule has 0 saturated heterocycles. The maximum atomic E-state index is 12.4. The normalized spacial score (nSPS) is 11.0. The molecule has 6 nitrogen and oxygen atoms in total. The number of hydrogen-bond acceptors (Lipinski definition) is 3. The van der Waals surface area contributed by atoms with Crippen LogP contribution in [0.15, 0.2) is 67.3 Å². The molecule has 4 aromatic rings. The fourth-order valence-electron chi connectivity index (χ4n) is 2.89. The van der Waals surface area contributed by atoms with E-state index in [2.05, 4.69) is 27.4 Å². The molecule has 130 valence electrons. The lowest BCUT2D eigenvalue weighted by Crippen LogP contribution is -2.25. The zero-order chi connectivity index (χ0) is 17.9. The van der Waals surface area contributed by atoms with Crippen LogP contribution in [-0.2, 0) is 13.1 Å². The minimum atomic E-state index is -0.208. The average molecular weight is 345 g/mol. The molecule has 26 heavy (non-hydrogen) atoms. The predicted molar refractivity (Wildman–Crippen MR) is 98.9 cm³/mol. The summed E-state index contributed by atoms with van der Waals surface area (Å²) in [6.07, 6.45) is 7.36. The summed E-state index contributed by atoms with van der Waals surface area (Å²) in [5.74, 6) is 0.599. The second kappa shape index (κ2) is 6.84. The van der Waals surface area contributed by atoms with E-state index in [1.54, 1.807) is 12.4 Å². The smallest absolute Gasteiger partial charge is 0.271 e. The number of benzene rings is 1. The zero-order valence-electron chi connectivity index (χ0n) is 14.5. The summed E-state index contributed by atoms with van der Waals surface area (Å²) >= 11 is 0. The van der Waals surface area contributed by atoms with Crippen molar-refractivity contribution < 1.29 is 4.79 Å². The van der Waals surface area contributed by atoms with Gasteiger partial charge in [0.2, 0.25) is 0 Å². The van der Waals surface area contributed by atoms with Gasteiger partial charge in [-0.05, 0) is 24.1 Å². The van der Waals surface area contributed by atoms with E-state index in [0.29, 0.717) is 12.2 Å². The Morgan fingerprint density at radius 1 is 1.12 bits per heavy atom. The highest BCUT2D eigenvalue weighted by molar-refractivity contribution is 5.92. The third kappa shape index (κ3) is 3.35. The fourth-order valence-corrected chi connectivity index (χ4v) is 2.89. The summed E-state index contributed by atoms with van der Waals surface area (Å²) < 4.78 is 3.89. The van der Waals surface area contributed by atoms with E-state index in [1.165, 1.54) is 5.56 Å². The molecule has 0 aliphatic rings. The van der Waals surface area contributed by atoms with Crippen LogP contribution in [0, 0.1) is 6.92 Å². The Hall–Kier alpha value is -3.41. The van der Waals surface area contributed by atoms with Gasteiger partial charge in [-0.25, -0.2) is 9.97 Å². The minimum Gasteiger partial charge on any atom is -0.343 e. The zero-order valence-corrected chi connectivity index (χ0v) is 14.5. The van der Waals surface area contributed by atoms with Crippen molar-refractivity contribution >= 4 is 11.6 Å². The van der Waals surface area contributed by atoms with Crippen molar-refractivity contribution in [3.8, 4) is 0 Å². The number of imidazole rings is 2. The molecule has 0 atom stereocenters. The Bertz CT molecular complexity index is 1050. The first-order chi connectivity index (χ1) is 12.7. The maximum absolute atomic E-state index is 12.4. The molecule has 0 unspecified atom stereocenters. The van der Waals surface area contributed by atoms with Crippen molar-refractivity contribution in [3.63, 3.8) is 0 Å². The first-order valence-corrected chi connectivity index (χ1v) is 8.46. The van der Waals surface area contributed by atoms with Crippen LogP contribution in [0.2, 0.25) is 0 Å². The van der Waals surface area contributed by atoms with E-state index >= 15 is 0 Å². The highest BCUT2D eigenvalue weighted by atomic mass is 16.1. The highest BCUT2D eigenvalue weighted by Crippen LogP contribution is 2.08. The van der Waals surface area contributed by atoms with Gasteiger partial charge in [0.15, 0.2) is 0 Å². The van der Waals surface area contributed by atoms with Gasteiger partial charge in [-0.2, -0.15) is 0 Å². The lowest BCUT2D eigenvalue weighted by atomic mass is 10.2. The Morgan fingerprint density at radius 3 is 2.81 bits per heavy atom. The summed E-state index contributed by atoms with van der Waals surface area (Å²) in [5.41, 5.74) is 3.46. The summed E-state index contributed by atoms with van der Waals surface area (Å²) in [6, 6.07) is 14.0. The van der Waals surface area contributed by atoms with E-state index in [4.69, 9.17) is 0 Å². The Morgan fingerprint density at radius 2 is 1.96 bits per heavy atom. The van der Waals surface area contributed by atoms with Crippen molar-refractivity contribution in [1.82, 2.24) is 24.3 Å². The van der Waals surface area contributed by atoms with Crippen molar-refractivity contribution in [2.24, 2.45) is 0 Å². The molecule has 0 fully saturated rings. The van der Waals surface area contributed by atoms with Crippen LogP contribution in [-0.4, -0.2) is 24.8 Å². The quantitative estimate of drug-likeness (QED) is 0.605. The third-order valence-corrected chi connectivity index (χ3v) is 4.24. The molecule has 1 N–H and O–H groups in total. The van der Waals surface area contributed by atoms with Gasteiger partial charge in [0.25, 0.3) is 5.91 Å². The molecule has 4 rings (SSSR count). The lowest BCUT2D eigenvalue weighted by Gasteiger charge is -2.08. The second-order valence-electron chi connectivity index (χ2n) is 6.24. The molecule has 0 aliphatic heterocycles. The van der Waals surface area contributed by atoms with Gasteiger partial charge in [-0.3, -0.25) is 4.79 Å². The van der Waals surface area contributed by atoms with Gasteiger partial charge < -0.3 is 14.3 Å². The van der Waals surface area contributed by atoms with E-state index in [1.807, 2.05) is 58.6 Å². The standard InChI is InChI=1S/C20H19N5O/c1-15-7-8-18-23-17(14-25(18)12-15)20(26)22-11-19-21-9-10-24(19)13-16-5-3-2-4-6-16/h2-10,12,14H,11,13H2,1H3,(H,22,26). The Kier molecular flexibility index (Phi) is 4.23. The van der Waals surface area contributed by atoms with Gasteiger partial charge in [0, 0.05) is 31.3 Å². The van der Waals surface area contributed by atoms with Crippen LogP contribution in [0.25, 0.3) is 5.65 Å². The predicted octanol–water partition coefficient (Wildman–Crippen LogP) is 2.82. The molecular formula is C20H19N5O. The molecule has 3 heterocycles. The molecule has 3 aromatic heterocycles. The van der Waals surface area contributed by atoms with Crippen LogP contribution in [0.3, 0.4) is 0 Å². The Labute approximate surface area is 151 Å². The number of carbonyl (C=O) groups excluding carboxylic acids is 1. The first kappa shape index (κ1) is 16.1. The number of fused-ring (bicyclic) bond motifs is 1. The number of nitrogens with one attached hydrogen (secondary N) is 1. The van der Waals surface area contributed by atoms with Gasteiger partial charge in [0.05, 0.1) is 6.54 Å². The maximum Gasteiger partial charge on any atom is 0.271 e. The molecule has 6 heteroatoms. The highest BCUT2D eigenvalue weighted by Gasteiger charge is 2.12. The fraction of sp³-hybridized carbons (Fsp3) is 0.150. The molecule has 1 aromatic carbocycles. The first-order valence-electron chi connectivity index (χ1n) is 8.46. The third-order valence-electron chi connectivity index (χ3n) is 4.24. The summed E-state index contributed by atoms with van der Waals surface area (Å²) in [5, 5.41) is 2.91. The van der Waals surface area contributed by atoms with E-state index in [0.717, 1.165) is 23.6 Å². The minimum absolute atomic E-state index is 0.208. The molecule has 0 radical (unpaired) electrons. The lowest BCUT2D eigenvalue weighted by molar-refractivity contribution is 0.0945. The number of carbonyl (C=O) groups is 1. The van der Waals surface area contributed by atoms with Gasteiger partial charge in [-0.15, -0.1) is 0 Å². The van der Waals surface area contributed by atoms with Crippen molar-refractivity contribution in [2.75, 3.05) is 0 Å². The molecule has 0 spiro atoms. The average Bonchev–Trinajstić information content (AvgIpc) is 3.27. The van der Waals surface area contributed by atoms with E-state index in [-0.39, 0.29) is 5.91 Å². The van der Waals surface area contributed by atoms with Crippen LogP contribution >= 0.6 is 0 Å². The van der Waals surface area contributed by atoms with Crippen molar-refractivity contribution in [2.45, 2.75) is 20.0 Å². The second-order valence-corrected chi connectivity index (χ2v) is 6.24. The summed E-state index contributed by atoms with van der Waals surface area (Å²) in [4.78, 5) is 21.2. The van der Waals surface area contributed by atoms with Gasteiger partial charge in [-0.1, -0.05) is 36.4 Å². The summed E-state index contributed by atoms with van der Waals surface area (Å²) in [7, 11) is 0. The largest absolute Gasteiger partial charge is 0.343 e. The molecule has 0 bridgehead atoms. The number of nitrogens with zero attached hydrogens (tertiary/aromatic N) is 4. The van der Waals surface area contributed by atoms with Crippen LogP contribution < -0.4 is 5.32 Å². The molecule has 0 aliphatic carbocycles.